The van der Waals surface area contributed by atoms with E-state index < -0.39 is 0 Å². The number of hydrogen-bond acceptors (Lipinski definition) is 6. The Morgan fingerprint density at radius 2 is 2.00 bits per heavy atom. The molecule has 0 aliphatic rings. The number of anilines is 2. The molecule has 0 aliphatic heterocycles. The molecule has 1 heterocycles. The van der Waals surface area contributed by atoms with Crippen LogP contribution in [-0.2, 0) is 0 Å². The van der Waals surface area contributed by atoms with Crippen molar-refractivity contribution in [3.05, 3.63) is 36.7 Å². The fourth-order valence-electron chi connectivity index (χ4n) is 1.28. The highest BCUT2D eigenvalue weighted by atomic mass is 16.7. The Labute approximate surface area is 99.0 Å². The fraction of sp³-hybridized carbons (Fsp3) is 0.182. The van der Waals surface area contributed by atoms with Gasteiger partial charge in [0.15, 0.2) is 5.75 Å². The molecule has 0 atom stereocenters. The average molecular weight is 231 g/mol. The maximum atomic E-state index is 5.63. The molecular formula is C11H13N5O. The number of aromatic nitrogens is 3. The molecule has 2 N–H and O–H groups in total. The smallest absolute Gasteiger partial charge is 0.263 e. The van der Waals surface area contributed by atoms with Gasteiger partial charge in [0.05, 0.1) is 6.54 Å². The van der Waals surface area contributed by atoms with Gasteiger partial charge < -0.3 is 10.6 Å². The molecule has 6 heteroatoms. The van der Waals surface area contributed by atoms with Crippen molar-refractivity contribution in [2.75, 3.05) is 17.3 Å². The number of nitrogens with two attached hydrogens (primary N) is 1. The van der Waals surface area contributed by atoms with Crippen molar-refractivity contribution in [1.29, 1.82) is 0 Å². The second-order valence-corrected chi connectivity index (χ2v) is 3.24. The lowest BCUT2D eigenvalue weighted by atomic mass is 10.3. The summed E-state index contributed by atoms with van der Waals surface area (Å²) in [6, 6.07) is 9.42. The lowest BCUT2D eigenvalue weighted by Gasteiger charge is -2.20. The minimum Gasteiger partial charge on any atom is -0.377 e. The first-order valence-electron chi connectivity index (χ1n) is 5.24. The highest BCUT2D eigenvalue weighted by Crippen LogP contribution is 2.14. The van der Waals surface area contributed by atoms with Crippen LogP contribution < -0.4 is 15.6 Å². The lowest BCUT2D eigenvalue weighted by molar-refractivity contribution is 0.277. The van der Waals surface area contributed by atoms with Crippen LogP contribution in [0.5, 0.6) is 5.75 Å². The molecule has 88 valence electrons. The average Bonchev–Trinajstić information content (AvgIpc) is 2.37. The van der Waals surface area contributed by atoms with E-state index in [1.807, 2.05) is 37.3 Å². The molecular weight excluding hydrogens is 218 g/mol. The second kappa shape index (κ2) is 5.11. The monoisotopic (exact) mass is 231 g/mol. The number of para-hydroxylation sites is 1. The highest BCUT2D eigenvalue weighted by Gasteiger charge is 2.09. The molecule has 17 heavy (non-hydrogen) atoms. The Morgan fingerprint density at radius 1 is 1.24 bits per heavy atom. The Morgan fingerprint density at radius 3 is 2.65 bits per heavy atom. The molecule has 0 saturated carbocycles. The molecule has 0 fully saturated rings. The first kappa shape index (κ1) is 11.1. The summed E-state index contributed by atoms with van der Waals surface area (Å²) in [6.07, 6.45) is 1.36. The summed E-state index contributed by atoms with van der Waals surface area (Å²) in [5, 5.41) is 1.55. The number of hydroxylamine groups is 1. The molecule has 0 unspecified atom stereocenters. The predicted molar refractivity (Wildman–Crippen MR) is 64.3 cm³/mol. The van der Waals surface area contributed by atoms with Gasteiger partial charge in [0.1, 0.15) is 6.33 Å². The lowest BCUT2D eigenvalue weighted by Crippen LogP contribution is -2.29. The van der Waals surface area contributed by atoms with E-state index in [1.54, 1.807) is 5.06 Å². The minimum atomic E-state index is 0.171. The molecule has 0 aliphatic carbocycles. The first-order chi connectivity index (χ1) is 8.29. The van der Waals surface area contributed by atoms with Crippen molar-refractivity contribution >= 4 is 11.9 Å². The van der Waals surface area contributed by atoms with Crippen LogP contribution >= 0.6 is 0 Å². The van der Waals surface area contributed by atoms with Gasteiger partial charge in [-0.3, -0.25) is 0 Å². The molecule has 0 radical (unpaired) electrons. The third kappa shape index (κ3) is 2.81. The van der Waals surface area contributed by atoms with Crippen LogP contribution in [-0.4, -0.2) is 21.5 Å². The van der Waals surface area contributed by atoms with Gasteiger partial charge in [0, 0.05) is 0 Å². The van der Waals surface area contributed by atoms with Gasteiger partial charge in [-0.2, -0.15) is 15.0 Å². The zero-order chi connectivity index (χ0) is 12.1. The van der Waals surface area contributed by atoms with Crippen LogP contribution in [0.2, 0.25) is 0 Å². The number of benzene rings is 1. The van der Waals surface area contributed by atoms with Crippen LogP contribution in [0, 0.1) is 0 Å². The summed E-state index contributed by atoms with van der Waals surface area (Å²) in [6.45, 7) is 2.53. The van der Waals surface area contributed by atoms with Gasteiger partial charge in [-0.1, -0.05) is 18.2 Å². The fourth-order valence-corrected chi connectivity index (χ4v) is 1.28. The van der Waals surface area contributed by atoms with Gasteiger partial charge in [-0.05, 0) is 19.1 Å². The molecule has 1 aromatic heterocycles. The van der Waals surface area contributed by atoms with E-state index in [9.17, 15) is 0 Å². The Bertz CT molecular complexity index is 476. The van der Waals surface area contributed by atoms with Crippen LogP contribution in [0.4, 0.5) is 11.9 Å². The van der Waals surface area contributed by atoms with Crippen molar-refractivity contribution in [2.45, 2.75) is 6.92 Å². The van der Waals surface area contributed by atoms with E-state index in [1.165, 1.54) is 6.33 Å². The number of hydrogen-bond donors (Lipinski definition) is 1. The number of nitrogens with zero attached hydrogens (tertiary/aromatic N) is 4. The Kier molecular flexibility index (Phi) is 3.34. The molecule has 0 bridgehead atoms. The SMILES string of the molecule is CCN(Oc1ccccc1)c1ncnc(N)n1. The maximum Gasteiger partial charge on any atom is 0.263 e. The Balaban J connectivity index is 2.17. The third-order valence-corrected chi connectivity index (χ3v) is 2.05. The highest BCUT2D eigenvalue weighted by molar-refractivity contribution is 5.32. The van der Waals surface area contributed by atoms with Crippen molar-refractivity contribution in [3.63, 3.8) is 0 Å². The molecule has 2 aromatic rings. The van der Waals surface area contributed by atoms with Crippen molar-refractivity contribution < 1.29 is 4.84 Å². The Hall–Kier alpha value is -2.37. The second-order valence-electron chi connectivity index (χ2n) is 3.24. The number of nitrogen functional groups attached to an aromatic ring is 1. The van der Waals surface area contributed by atoms with Gasteiger partial charge in [-0.25, -0.2) is 4.98 Å². The zero-order valence-electron chi connectivity index (χ0n) is 9.45. The first-order valence-corrected chi connectivity index (χ1v) is 5.24. The molecule has 0 spiro atoms. The summed E-state index contributed by atoms with van der Waals surface area (Å²) in [5.41, 5.74) is 5.50. The summed E-state index contributed by atoms with van der Waals surface area (Å²) in [7, 11) is 0. The molecule has 6 nitrogen and oxygen atoms in total. The molecule has 1 aromatic carbocycles. The number of rotatable bonds is 4. The van der Waals surface area contributed by atoms with E-state index >= 15 is 0 Å². The van der Waals surface area contributed by atoms with E-state index in [2.05, 4.69) is 15.0 Å². The van der Waals surface area contributed by atoms with E-state index in [-0.39, 0.29) is 5.95 Å². The predicted octanol–water partition coefficient (Wildman–Crippen LogP) is 1.27. The summed E-state index contributed by atoms with van der Waals surface area (Å²) >= 11 is 0. The normalized spacial score (nSPS) is 9.94. The van der Waals surface area contributed by atoms with Crippen molar-refractivity contribution in [3.8, 4) is 5.75 Å². The summed E-state index contributed by atoms with van der Waals surface area (Å²) in [5.74, 6) is 1.28. The molecule has 0 saturated heterocycles. The van der Waals surface area contributed by atoms with Gasteiger partial charge in [0.25, 0.3) is 5.95 Å². The van der Waals surface area contributed by atoms with Crippen LogP contribution in [0.25, 0.3) is 0 Å². The topological polar surface area (TPSA) is 77.2 Å². The molecule has 0 amide bonds. The summed E-state index contributed by atoms with van der Waals surface area (Å²) in [4.78, 5) is 17.4. The molecule has 2 rings (SSSR count). The van der Waals surface area contributed by atoms with E-state index in [4.69, 9.17) is 10.6 Å². The van der Waals surface area contributed by atoms with Crippen LogP contribution in [0.3, 0.4) is 0 Å². The quantitative estimate of drug-likeness (QED) is 0.798. The van der Waals surface area contributed by atoms with E-state index in [0.29, 0.717) is 18.2 Å². The van der Waals surface area contributed by atoms with Gasteiger partial charge >= 0.3 is 0 Å². The van der Waals surface area contributed by atoms with Crippen molar-refractivity contribution in [2.24, 2.45) is 0 Å². The van der Waals surface area contributed by atoms with E-state index in [0.717, 1.165) is 0 Å². The van der Waals surface area contributed by atoms with Gasteiger partial charge in [0.2, 0.25) is 5.95 Å². The summed E-state index contributed by atoms with van der Waals surface area (Å²) < 4.78 is 0. The largest absolute Gasteiger partial charge is 0.377 e. The standard InChI is InChI=1S/C11H13N5O/c1-2-16(11-14-8-13-10(12)15-11)17-9-6-4-3-5-7-9/h3-8H,2H2,1H3,(H2,12,13,14,15). The third-order valence-electron chi connectivity index (χ3n) is 2.05. The minimum absolute atomic E-state index is 0.171. The van der Waals surface area contributed by atoms with Crippen LogP contribution in [0.1, 0.15) is 6.92 Å². The maximum absolute atomic E-state index is 5.63. The zero-order valence-corrected chi connectivity index (χ0v) is 9.45. The van der Waals surface area contributed by atoms with Crippen molar-refractivity contribution in [1.82, 2.24) is 15.0 Å². The van der Waals surface area contributed by atoms with Gasteiger partial charge in [-0.15, -0.1) is 0 Å². The van der Waals surface area contributed by atoms with Crippen LogP contribution in [0.15, 0.2) is 36.7 Å².